The second-order valence-corrected chi connectivity index (χ2v) is 4.60. The van der Waals surface area contributed by atoms with Crippen molar-refractivity contribution >= 4 is 12.0 Å². The van der Waals surface area contributed by atoms with Crippen molar-refractivity contribution in [1.82, 2.24) is 0 Å². The number of hydrogen-bond acceptors (Lipinski definition) is 2. The van der Waals surface area contributed by atoms with E-state index in [0.29, 0.717) is 0 Å². The van der Waals surface area contributed by atoms with Gasteiger partial charge in [-0.1, -0.05) is 13.8 Å². The number of benzene rings is 1. The van der Waals surface area contributed by atoms with Crippen LogP contribution in [0.3, 0.4) is 0 Å². The summed E-state index contributed by atoms with van der Waals surface area (Å²) in [5.74, 6) is 0. The van der Waals surface area contributed by atoms with E-state index in [-0.39, 0.29) is 0 Å². The Morgan fingerprint density at radius 2 is 1.65 bits per heavy atom. The predicted molar refractivity (Wildman–Crippen MR) is 74.1 cm³/mol. The minimum Gasteiger partial charge on any atom is -0.371 e. The van der Waals surface area contributed by atoms with Gasteiger partial charge in [-0.25, -0.2) is 0 Å². The number of carbonyl (C=O) groups is 1. The van der Waals surface area contributed by atoms with Gasteiger partial charge < -0.3 is 4.90 Å². The van der Waals surface area contributed by atoms with Crippen molar-refractivity contribution in [3.05, 3.63) is 28.8 Å². The Morgan fingerprint density at radius 1 is 1.06 bits per heavy atom. The van der Waals surface area contributed by atoms with E-state index >= 15 is 0 Å². The van der Waals surface area contributed by atoms with E-state index in [1.165, 1.54) is 11.3 Å². The number of aldehydes is 1. The van der Waals surface area contributed by atoms with Gasteiger partial charge in [-0.05, 0) is 49.9 Å². The molecule has 0 radical (unpaired) electrons. The van der Waals surface area contributed by atoms with Gasteiger partial charge in [0.2, 0.25) is 0 Å². The maximum atomic E-state index is 10.9. The van der Waals surface area contributed by atoms with Gasteiger partial charge in [-0.2, -0.15) is 0 Å². The van der Waals surface area contributed by atoms with Crippen molar-refractivity contribution < 1.29 is 4.79 Å². The third kappa shape index (κ3) is 3.32. The Balaban J connectivity index is 3.10. The van der Waals surface area contributed by atoms with E-state index in [1.807, 2.05) is 13.0 Å². The molecule has 0 bridgehead atoms. The molecule has 1 rings (SSSR count). The molecule has 1 aromatic carbocycles. The van der Waals surface area contributed by atoms with Crippen LogP contribution in [0.25, 0.3) is 0 Å². The van der Waals surface area contributed by atoms with E-state index in [0.717, 1.165) is 43.3 Å². The fourth-order valence-electron chi connectivity index (χ4n) is 2.18. The number of aryl methyl sites for hydroxylation is 2. The zero-order valence-corrected chi connectivity index (χ0v) is 11.4. The quantitative estimate of drug-likeness (QED) is 0.698. The summed E-state index contributed by atoms with van der Waals surface area (Å²) in [6, 6.07) is 4.14. The van der Waals surface area contributed by atoms with E-state index < -0.39 is 0 Å². The van der Waals surface area contributed by atoms with Crippen molar-refractivity contribution in [1.29, 1.82) is 0 Å². The fraction of sp³-hybridized carbons (Fsp3) is 0.533. The number of carbonyl (C=O) groups excluding carboxylic acids is 1. The van der Waals surface area contributed by atoms with Crippen molar-refractivity contribution in [2.75, 3.05) is 18.0 Å². The molecule has 2 heteroatoms. The van der Waals surface area contributed by atoms with Crippen LogP contribution in [-0.4, -0.2) is 19.4 Å². The summed E-state index contributed by atoms with van der Waals surface area (Å²) >= 11 is 0. The van der Waals surface area contributed by atoms with Crippen LogP contribution in [0.2, 0.25) is 0 Å². The molecule has 94 valence electrons. The summed E-state index contributed by atoms with van der Waals surface area (Å²) in [7, 11) is 0. The molecule has 1 aromatic rings. The van der Waals surface area contributed by atoms with Crippen LogP contribution in [0.1, 0.15) is 48.2 Å². The van der Waals surface area contributed by atoms with Gasteiger partial charge >= 0.3 is 0 Å². The third-order valence-corrected chi connectivity index (χ3v) is 3.04. The number of rotatable bonds is 6. The SMILES string of the molecule is CCCN(CCC)c1cc(C)c(C=O)cc1C. The topological polar surface area (TPSA) is 20.3 Å². The van der Waals surface area contributed by atoms with Gasteiger partial charge in [0.25, 0.3) is 0 Å². The van der Waals surface area contributed by atoms with Crippen molar-refractivity contribution in [3.8, 4) is 0 Å². The molecular weight excluding hydrogens is 210 g/mol. The Kier molecular flexibility index (Phi) is 5.20. The predicted octanol–water partition coefficient (Wildman–Crippen LogP) is 3.74. The van der Waals surface area contributed by atoms with Crippen LogP contribution in [0, 0.1) is 13.8 Å². The van der Waals surface area contributed by atoms with Gasteiger partial charge in [0, 0.05) is 24.3 Å². The first-order valence-corrected chi connectivity index (χ1v) is 6.45. The maximum Gasteiger partial charge on any atom is 0.150 e. The average Bonchev–Trinajstić information content (AvgIpc) is 2.31. The first-order valence-electron chi connectivity index (χ1n) is 6.45. The lowest BCUT2D eigenvalue weighted by Gasteiger charge is -2.26. The van der Waals surface area contributed by atoms with Gasteiger partial charge in [-0.3, -0.25) is 4.79 Å². The van der Waals surface area contributed by atoms with E-state index in [4.69, 9.17) is 0 Å². The molecule has 0 fully saturated rings. The lowest BCUT2D eigenvalue weighted by atomic mass is 10.0. The first-order chi connectivity index (χ1) is 8.13. The van der Waals surface area contributed by atoms with Gasteiger partial charge in [0.15, 0.2) is 0 Å². The summed E-state index contributed by atoms with van der Waals surface area (Å²) in [5, 5.41) is 0. The zero-order chi connectivity index (χ0) is 12.8. The van der Waals surface area contributed by atoms with Crippen molar-refractivity contribution in [3.63, 3.8) is 0 Å². The minimum atomic E-state index is 0.805. The molecule has 0 saturated carbocycles. The van der Waals surface area contributed by atoms with Gasteiger partial charge in [-0.15, -0.1) is 0 Å². The largest absolute Gasteiger partial charge is 0.371 e. The Bertz CT molecular complexity index is 379. The molecule has 0 atom stereocenters. The number of nitrogens with zero attached hydrogens (tertiary/aromatic N) is 1. The number of anilines is 1. The van der Waals surface area contributed by atoms with E-state index in [9.17, 15) is 4.79 Å². The molecule has 0 unspecified atom stereocenters. The van der Waals surface area contributed by atoms with E-state index in [2.05, 4.69) is 31.7 Å². The highest BCUT2D eigenvalue weighted by molar-refractivity contribution is 5.79. The van der Waals surface area contributed by atoms with Crippen molar-refractivity contribution in [2.45, 2.75) is 40.5 Å². The fourth-order valence-corrected chi connectivity index (χ4v) is 2.18. The molecule has 0 saturated heterocycles. The Hall–Kier alpha value is -1.31. The molecule has 0 aliphatic carbocycles. The molecule has 17 heavy (non-hydrogen) atoms. The Morgan fingerprint density at radius 3 is 2.12 bits per heavy atom. The Labute approximate surface area is 105 Å². The maximum absolute atomic E-state index is 10.9. The average molecular weight is 233 g/mol. The van der Waals surface area contributed by atoms with Crippen LogP contribution in [0.15, 0.2) is 12.1 Å². The third-order valence-electron chi connectivity index (χ3n) is 3.04. The molecule has 2 nitrogen and oxygen atoms in total. The van der Waals surface area contributed by atoms with Gasteiger partial charge in [0.05, 0.1) is 0 Å². The molecule has 0 aliphatic rings. The summed E-state index contributed by atoms with van der Waals surface area (Å²) in [5.41, 5.74) is 4.34. The van der Waals surface area contributed by atoms with Crippen LogP contribution in [0.4, 0.5) is 5.69 Å². The summed E-state index contributed by atoms with van der Waals surface area (Å²) < 4.78 is 0. The summed E-state index contributed by atoms with van der Waals surface area (Å²) in [6.07, 6.45) is 3.23. The summed E-state index contributed by atoms with van der Waals surface area (Å²) in [6.45, 7) is 10.6. The minimum absolute atomic E-state index is 0.805. The molecule has 0 aliphatic heterocycles. The van der Waals surface area contributed by atoms with Gasteiger partial charge in [0.1, 0.15) is 6.29 Å². The second kappa shape index (κ2) is 6.43. The second-order valence-electron chi connectivity index (χ2n) is 4.60. The molecular formula is C15H23NO. The number of hydrogen-bond donors (Lipinski definition) is 0. The van der Waals surface area contributed by atoms with Crippen LogP contribution < -0.4 is 4.90 Å². The summed E-state index contributed by atoms with van der Waals surface area (Å²) in [4.78, 5) is 13.3. The highest BCUT2D eigenvalue weighted by atomic mass is 16.1. The monoisotopic (exact) mass is 233 g/mol. The van der Waals surface area contributed by atoms with Crippen LogP contribution >= 0.6 is 0 Å². The zero-order valence-electron chi connectivity index (χ0n) is 11.4. The normalized spacial score (nSPS) is 10.4. The van der Waals surface area contributed by atoms with Crippen LogP contribution in [-0.2, 0) is 0 Å². The molecule has 0 heterocycles. The lowest BCUT2D eigenvalue weighted by molar-refractivity contribution is 0.112. The molecule has 0 spiro atoms. The van der Waals surface area contributed by atoms with Crippen molar-refractivity contribution in [2.24, 2.45) is 0 Å². The van der Waals surface area contributed by atoms with Crippen LogP contribution in [0.5, 0.6) is 0 Å². The highest BCUT2D eigenvalue weighted by Crippen LogP contribution is 2.24. The standard InChI is InChI=1S/C15H23NO/c1-5-7-16(8-6-2)15-10-12(3)14(11-17)9-13(15)4/h9-11H,5-8H2,1-4H3. The lowest BCUT2D eigenvalue weighted by Crippen LogP contribution is -2.25. The first kappa shape index (κ1) is 13.8. The molecule has 0 amide bonds. The molecule has 0 aromatic heterocycles. The molecule has 0 N–H and O–H groups in total. The van der Waals surface area contributed by atoms with E-state index in [1.54, 1.807) is 0 Å². The smallest absolute Gasteiger partial charge is 0.150 e. The highest BCUT2D eigenvalue weighted by Gasteiger charge is 2.10.